The maximum absolute atomic E-state index is 15.3. The van der Waals surface area contributed by atoms with Gasteiger partial charge >= 0.3 is 0 Å². The number of nitrogens with one attached hydrogen (secondary N) is 2. The molecule has 5 aromatic rings. The van der Waals surface area contributed by atoms with Crippen molar-refractivity contribution in [2.24, 2.45) is 0 Å². The van der Waals surface area contributed by atoms with Crippen LogP contribution in [0.25, 0.3) is 16.9 Å². The van der Waals surface area contributed by atoms with E-state index in [9.17, 15) is 4.79 Å². The molecule has 41 heavy (non-hydrogen) atoms. The Morgan fingerprint density at radius 3 is 2.73 bits per heavy atom. The minimum absolute atomic E-state index is 0.0566. The Kier molecular flexibility index (Phi) is 7.02. The summed E-state index contributed by atoms with van der Waals surface area (Å²) in [7, 11) is 1.54. The van der Waals surface area contributed by atoms with Crippen molar-refractivity contribution in [2.45, 2.75) is 18.8 Å². The van der Waals surface area contributed by atoms with Crippen molar-refractivity contribution < 1.29 is 18.7 Å². The fourth-order valence-electron chi connectivity index (χ4n) is 5.00. The Bertz CT molecular complexity index is 1720. The van der Waals surface area contributed by atoms with Gasteiger partial charge < -0.3 is 24.7 Å². The van der Waals surface area contributed by atoms with E-state index in [0.717, 1.165) is 23.8 Å². The normalized spacial score (nSPS) is 13.8. The Hall–Kier alpha value is -5.26. The molecule has 0 atom stereocenters. The van der Waals surface area contributed by atoms with Crippen molar-refractivity contribution in [3.8, 4) is 23.2 Å². The average molecular weight is 555 g/mol. The van der Waals surface area contributed by atoms with E-state index in [0.29, 0.717) is 47.8 Å². The van der Waals surface area contributed by atoms with E-state index in [1.807, 2.05) is 6.20 Å². The number of carbonyl (C=O) groups is 1. The number of pyridine rings is 1. The maximum Gasteiger partial charge on any atom is 0.245 e. The quantitative estimate of drug-likeness (QED) is 0.254. The number of piperidine rings is 1. The number of carbonyl (C=O) groups excluding carboxylic acids is 1. The van der Waals surface area contributed by atoms with E-state index < -0.39 is 5.82 Å². The van der Waals surface area contributed by atoms with Crippen molar-refractivity contribution in [1.29, 1.82) is 0 Å². The van der Waals surface area contributed by atoms with Crippen LogP contribution in [0.3, 0.4) is 0 Å². The van der Waals surface area contributed by atoms with E-state index >= 15 is 4.39 Å². The Morgan fingerprint density at radius 1 is 1.15 bits per heavy atom. The fourth-order valence-corrected chi connectivity index (χ4v) is 5.00. The van der Waals surface area contributed by atoms with E-state index in [1.165, 1.54) is 25.6 Å². The number of anilines is 2. The number of benzene rings is 1. The summed E-state index contributed by atoms with van der Waals surface area (Å²) in [6, 6.07) is 9.67. The lowest BCUT2D eigenvalue weighted by atomic mass is 9.89. The number of halogens is 1. The number of amides is 1. The van der Waals surface area contributed by atoms with Gasteiger partial charge in [0.25, 0.3) is 0 Å². The van der Waals surface area contributed by atoms with Crippen molar-refractivity contribution in [2.75, 3.05) is 25.5 Å². The number of likely N-dealkylation sites (tertiary alicyclic amines) is 1. The first-order valence-electron chi connectivity index (χ1n) is 13.1. The van der Waals surface area contributed by atoms with Crippen molar-refractivity contribution in [3.05, 3.63) is 85.4 Å². The number of ether oxygens (including phenoxy) is 2. The lowest BCUT2D eigenvalue weighted by Crippen LogP contribution is -2.36. The first-order chi connectivity index (χ1) is 20.0. The Morgan fingerprint density at radius 2 is 1.98 bits per heavy atom. The van der Waals surface area contributed by atoms with Gasteiger partial charge in [-0.3, -0.25) is 4.79 Å². The molecule has 208 valence electrons. The van der Waals surface area contributed by atoms with Gasteiger partial charge in [-0.15, -0.1) is 5.10 Å². The molecule has 0 saturated carbocycles. The molecule has 12 heteroatoms. The highest BCUT2D eigenvalue weighted by Crippen LogP contribution is 2.37. The number of methoxy groups -OCH3 is 1. The number of nitrogens with zero attached hydrogens (tertiary/aromatic N) is 6. The van der Waals surface area contributed by atoms with Crippen LogP contribution < -0.4 is 14.8 Å². The molecule has 1 amide bonds. The lowest BCUT2D eigenvalue weighted by molar-refractivity contribution is -0.127. The molecule has 2 N–H and O–H groups in total. The Labute approximate surface area is 234 Å². The first kappa shape index (κ1) is 26.0. The number of H-pyrrole nitrogens is 1. The second kappa shape index (κ2) is 11.1. The highest BCUT2D eigenvalue weighted by atomic mass is 19.1. The van der Waals surface area contributed by atoms with Crippen molar-refractivity contribution >= 4 is 28.4 Å². The number of rotatable bonds is 8. The molecule has 1 fully saturated rings. The summed E-state index contributed by atoms with van der Waals surface area (Å²) >= 11 is 0. The summed E-state index contributed by atoms with van der Waals surface area (Å²) in [4.78, 5) is 30.1. The number of hydrogen-bond acceptors (Lipinski definition) is 8. The third-order valence-electron chi connectivity index (χ3n) is 7.08. The van der Waals surface area contributed by atoms with Gasteiger partial charge in [0, 0.05) is 49.9 Å². The SMILES string of the molecule is C=CC(=O)N1CCC(c2c[nH]c3ncnc(Nc4ccc(Oc5ccnc(-n6ccc(OC)n6)c5)cc4F)c23)CC1. The molecular weight excluding hydrogens is 527 g/mol. The van der Waals surface area contributed by atoms with Crippen LogP contribution in [0.2, 0.25) is 0 Å². The second-order valence-electron chi connectivity index (χ2n) is 9.51. The van der Waals surface area contributed by atoms with Gasteiger partial charge in [0.15, 0.2) is 5.82 Å². The molecular formula is C29H27FN8O3. The van der Waals surface area contributed by atoms with Crippen LogP contribution in [0.5, 0.6) is 17.4 Å². The topological polar surface area (TPSA) is 123 Å². The van der Waals surface area contributed by atoms with Gasteiger partial charge in [-0.1, -0.05) is 6.58 Å². The van der Waals surface area contributed by atoms with Gasteiger partial charge in [-0.2, -0.15) is 0 Å². The van der Waals surface area contributed by atoms with Gasteiger partial charge in [-0.05, 0) is 48.6 Å². The van der Waals surface area contributed by atoms with Crippen LogP contribution in [-0.4, -0.2) is 60.7 Å². The van der Waals surface area contributed by atoms with Crippen LogP contribution in [0.1, 0.15) is 24.3 Å². The zero-order valence-electron chi connectivity index (χ0n) is 22.2. The van der Waals surface area contributed by atoms with Crippen LogP contribution in [0, 0.1) is 5.82 Å². The molecule has 1 aliphatic rings. The van der Waals surface area contributed by atoms with Gasteiger partial charge in [0.05, 0.1) is 18.2 Å². The molecule has 0 aliphatic carbocycles. The third kappa shape index (κ3) is 5.31. The van der Waals surface area contributed by atoms with Crippen LogP contribution in [0.15, 0.2) is 74.0 Å². The first-order valence-corrected chi connectivity index (χ1v) is 13.1. The fraction of sp³-hybridized carbons (Fsp3) is 0.207. The third-order valence-corrected chi connectivity index (χ3v) is 7.08. The largest absolute Gasteiger partial charge is 0.480 e. The monoisotopic (exact) mass is 554 g/mol. The minimum atomic E-state index is -0.506. The van der Waals surface area contributed by atoms with Gasteiger partial charge in [0.1, 0.15) is 35.1 Å². The molecule has 0 bridgehead atoms. The van der Waals surface area contributed by atoms with Gasteiger partial charge in [0.2, 0.25) is 11.8 Å². The lowest BCUT2D eigenvalue weighted by Gasteiger charge is -2.31. The van der Waals surface area contributed by atoms with Crippen molar-refractivity contribution in [3.63, 3.8) is 0 Å². The van der Waals surface area contributed by atoms with Crippen molar-refractivity contribution in [1.82, 2.24) is 34.6 Å². The molecule has 0 unspecified atom stereocenters. The predicted octanol–water partition coefficient (Wildman–Crippen LogP) is 5.11. The second-order valence-corrected chi connectivity index (χ2v) is 9.51. The summed E-state index contributed by atoms with van der Waals surface area (Å²) in [5, 5.41) is 8.20. The highest BCUT2D eigenvalue weighted by Gasteiger charge is 2.26. The summed E-state index contributed by atoms with van der Waals surface area (Å²) in [5.41, 5.74) is 1.94. The zero-order valence-corrected chi connectivity index (χ0v) is 22.2. The van der Waals surface area contributed by atoms with E-state index in [1.54, 1.807) is 52.3 Å². The molecule has 0 radical (unpaired) electrons. The smallest absolute Gasteiger partial charge is 0.245 e. The highest BCUT2D eigenvalue weighted by molar-refractivity contribution is 5.92. The summed E-state index contributed by atoms with van der Waals surface area (Å²) in [6.45, 7) is 4.87. The van der Waals surface area contributed by atoms with E-state index in [-0.39, 0.29) is 17.5 Å². The molecule has 11 nitrogen and oxygen atoms in total. The molecule has 1 aliphatic heterocycles. The predicted molar refractivity (Wildman–Crippen MR) is 150 cm³/mol. The van der Waals surface area contributed by atoms with Crippen LogP contribution in [0.4, 0.5) is 15.9 Å². The number of aromatic nitrogens is 6. The van der Waals surface area contributed by atoms with Gasteiger partial charge in [-0.25, -0.2) is 24.0 Å². The van der Waals surface area contributed by atoms with Crippen LogP contribution in [-0.2, 0) is 4.79 Å². The minimum Gasteiger partial charge on any atom is -0.480 e. The zero-order chi connectivity index (χ0) is 28.3. The summed E-state index contributed by atoms with van der Waals surface area (Å²) in [5.74, 6) is 1.92. The molecule has 1 aromatic carbocycles. The number of fused-ring (bicyclic) bond motifs is 1. The summed E-state index contributed by atoms with van der Waals surface area (Å²) < 4.78 is 27.9. The van der Waals surface area contributed by atoms with E-state index in [4.69, 9.17) is 9.47 Å². The molecule has 0 spiro atoms. The summed E-state index contributed by atoms with van der Waals surface area (Å²) in [6.07, 6.45) is 9.61. The number of hydrogen-bond donors (Lipinski definition) is 2. The Balaban J connectivity index is 1.20. The molecule has 1 saturated heterocycles. The molecule has 4 aromatic heterocycles. The molecule has 5 heterocycles. The number of aromatic amines is 1. The maximum atomic E-state index is 15.3. The molecule has 6 rings (SSSR count). The van der Waals surface area contributed by atoms with E-state index in [2.05, 4.69) is 36.9 Å². The standard InChI is InChI=1S/C29H27FN8O3/c1-3-26(39)37-11-7-18(8-12-37)21-16-32-28-27(21)29(34-17-33-28)35-23-5-4-19(14-22(23)30)41-20-6-10-31-24(15-20)38-13-9-25(36-38)40-2/h3-6,9-10,13-18H,1,7-8,11-12H2,2H3,(H2,32,33,34,35). The average Bonchev–Trinajstić information content (AvgIpc) is 3.67. The van der Waals surface area contributed by atoms with Crippen LogP contribution >= 0.6 is 0 Å².